The third kappa shape index (κ3) is 3.46. The van der Waals surface area contributed by atoms with E-state index in [0.29, 0.717) is 24.7 Å². The lowest BCUT2D eigenvalue weighted by atomic mass is 9.95. The van der Waals surface area contributed by atoms with Crippen LogP contribution in [0.3, 0.4) is 0 Å². The fourth-order valence-corrected chi connectivity index (χ4v) is 3.75. The molecule has 6 heteroatoms. The Labute approximate surface area is 170 Å². The quantitative estimate of drug-likeness (QED) is 0.618. The maximum absolute atomic E-state index is 12.9. The molecule has 29 heavy (non-hydrogen) atoms. The van der Waals surface area contributed by atoms with Gasteiger partial charge in [-0.2, -0.15) is 0 Å². The van der Waals surface area contributed by atoms with Crippen molar-refractivity contribution in [3.63, 3.8) is 0 Å². The summed E-state index contributed by atoms with van der Waals surface area (Å²) in [7, 11) is 0. The van der Waals surface area contributed by atoms with E-state index in [4.69, 9.17) is 14.5 Å². The Morgan fingerprint density at radius 3 is 2.79 bits per heavy atom. The summed E-state index contributed by atoms with van der Waals surface area (Å²) in [5.41, 5.74) is 4.10. The van der Waals surface area contributed by atoms with Crippen LogP contribution in [0.5, 0.6) is 5.75 Å². The van der Waals surface area contributed by atoms with Crippen LogP contribution in [0.25, 0.3) is 11.0 Å². The number of ether oxygens (including phenoxy) is 2. The molecule has 0 fully saturated rings. The number of carbonyl (C=O) groups is 1. The third-order valence-corrected chi connectivity index (χ3v) is 4.97. The Balaban J connectivity index is 1.90. The first-order valence-corrected chi connectivity index (χ1v) is 9.98. The molecule has 6 nitrogen and oxygen atoms in total. The molecule has 0 saturated heterocycles. The van der Waals surface area contributed by atoms with E-state index >= 15 is 0 Å². The monoisotopic (exact) mass is 391 g/mol. The highest BCUT2D eigenvalue weighted by atomic mass is 16.5. The average Bonchev–Trinajstić information content (AvgIpc) is 3.09. The highest BCUT2D eigenvalue weighted by Crippen LogP contribution is 2.40. The van der Waals surface area contributed by atoms with Crippen LogP contribution < -0.4 is 10.1 Å². The number of fused-ring (bicyclic) bond motifs is 3. The van der Waals surface area contributed by atoms with Gasteiger partial charge in [0.2, 0.25) is 5.95 Å². The van der Waals surface area contributed by atoms with Crippen LogP contribution in [0.15, 0.2) is 59.8 Å². The predicted molar refractivity (Wildman–Crippen MR) is 113 cm³/mol. The highest BCUT2D eigenvalue weighted by molar-refractivity contribution is 5.94. The van der Waals surface area contributed by atoms with Gasteiger partial charge in [0.15, 0.2) is 0 Å². The summed E-state index contributed by atoms with van der Waals surface area (Å²) < 4.78 is 13.3. The molecule has 150 valence electrons. The van der Waals surface area contributed by atoms with Crippen LogP contribution in [0.1, 0.15) is 38.8 Å². The minimum absolute atomic E-state index is 0.319. The van der Waals surface area contributed by atoms with Gasteiger partial charge in [-0.15, -0.1) is 0 Å². The molecule has 1 atom stereocenters. The zero-order chi connectivity index (χ0) is 20.4. The maximum atomic E-state index is 12.9. The zero-order valence-corrected chi connectivity index (χ0v) is 16.9. The molecule has 1 N–H and O–H groups in total. The molecule has 2 aromatic carbocycles. The molecule has 4 rings (SSSR count). The van der Waals surface area contributed by atoms with E-state index in [0.717, 1.165) is 34.5 Å². The molecule has 0 aliphatic carbocycles. The Morgan fingerprint density at radius 2 is 2.00 bits per heavy atom. The summed E-state index contributed by atoms with van der Waals surface area (Å²) in [6.07, 6.45) is 0.932. The van der Waals surface area contributed by atoms with Crippen molar-refractivity contribution >= 4 is 23.0 Å². The summed E-state index contributed by atoms with van der Waals surface area (Å²) in [6, 6.07) is 15.5. The van der Waals surface area contributed by atoms with Gasteiger partial charge in [-0.1, -0.05) is 31.2 Å². The van der Waals surface area contributed by atoms with E-state index in [1.807, 2.05) is 62.4 Å². The number of nitrogens with one attached hydrogen (secondary N) is 1. The normalized spacial score (nSPS) is 15.8. The van der Waals surface area contributed by atoms with Crippen molar-refractivity contribution in [1.29, 1.82) is 0 Å². The van der Waals surface area contributed by atoms with Crippen molar-refractivity contribution in [1.82, 2.24) is 9.55 Å². The summed E-state index contributed by atoms with van der Waals surface area (Å²) in [4.78, 5) is 17.7. The van der Waals surface area contributed by atoms with Crippen molar-refractivity contribution in [3.05, 3.63) is 65.4 Å². The molecule has 0 saturated carbocycles. The molecular formula is C23H25N3O3. The number of aromatic nitrogens is 2. The number of rotatable bonds is 6. The van der Waals surface area contributed by atoms with Crippen molar-refractivity contribution in [3.8, 4) is 5.75 Å². The predicted octanol–water partition coefficient (Wildman–Crippen LogP) is 4.68. The summed E-state index contributed by atoms with van der Waals surface area (Å²) in [6.45, 7) is 6.75. The van der Waals surface area contributed by atoms with Crippen molar-refractivity contribution < 1.29 is 14.3 Å². The molecule has 1 aromatic heterocycles. The SMILES string of the molecule is CCCOc1cccc([C@H]2C(C(=O)OCC)=C(C)Nc3nc4ccccc4n32)c1. The molecular weight excluding hydrogens is 366 g/mol. The van der Waals surface area contributed by atoms with Crippen LogP contribution in [-0.4, -0.2) is 28.7 Å². The minimum atomic E-state index is -0.358. The second kappa shape index (κ2) is 7.99. The fraction of sp³-hybridized carbons (Fsp3) is 0.304. The standard InChI is InChI=1S/C23H25N3O3/c1-4-13-29-17-10-8-9-16(14-17)21-20(22(27)28-5-2)15(3)24-23-25-18-11-6-7-12-19(18)26(21)23/h6-12,14,21H,4-5,13H2,1-3H3,(H,24,25)/t21-/m0/s1. The number of anilines is 1. The molecule has 0 spiro atoms. The molecule has 1 aliphatic rings. The number of esters is 1. The van der Waals surface area contributed by atoms with E-state index in [1.165, 1.54) is 0 Å². The van der Waals surface area contributed by atoms with Crippen LogP contribution in [0.2, 0.25) is 0 Å². The van der Waals surface area contributed by atoms with E-state index in [2.05, 4.69) is 16.8 Å². The van der Waals surface area contributed by atoms with Gasteiger partial charge in [-0.25, -0.2) is 9.78 Å². The molecule has 0 unspecified atom stereocenters. The number of allylic oxidation sites excluding steroid dienone is 1. The van der Waals surface area contributed by atoms with E-state index in [-0.39, 0.29) is 12.0 Å². The average molecular weight is 391 g/mol. The lowest BCUT2D eigenvalue weighted by Gasteiger charge is -2.30. The number of para-hydroxylation sites is 2. The third-order valence-electron chi connectivity index (χ3n) is 4.97. The molecule has 0 radical (unpaired) electrons. The largest absolute Gasteiger partial charge is 0.494 e. The van der Waals surface area contributed by atoms with Crippen molar-refractivity contribution in [2.24, 2.45) is 0 Å². The summed E-state index contributed by atoms with van der Waals surface area (Å²) in [5.74, 6) is 1.17. The molecule has 3 aromatic rings. The van der Waals surface area contributed by atoms with Gasteiger partial charge in [0, 0.05) is 5.70 Å². The Kier molecular flexibility index (Phi) is 5.25. The highest BCUT2D eigenvalue weighted by Gasteiger charge is 2.35. The van der Waals surface area contributed by atoms with Gasteiger partial charge in [-0.3, -0.25) is 4.57 Å². The van der Waals surface area contributed by atoms with Gasteiger partial charge in [0.1, 0.15) is 5.75 Å². The number of benzene rings is 2. The fourth-order valence-electron chi connectivity index (χ4n) is 3.75. The van der Waals surface area contributed by atoms with E-state index < -0.39 is 0 Å². The lowest BCUT2D eigenvalue weighted by molar-refractivity contribution is -0.139. The second-order valence-corrected chi connectivity index (χ2v) is 7.00. The van der Waals surface area contributed by atoms with Crippen LogP contribution in [0.4, 0.5) is 5.95 Å². The van der Waals surface area contributed by atoms with Gasteiger partial charge in [-0.05, 0) is 50.1 Å². The first kappa shape index (κ1) is 19.1. The second-order valence-electron chi connectivity index (χ2n) is 7.00. The van der Waals surface area contributed by atoms with Gasteiger partial charge < -0.3 is 14.8 Å². The smallest absolute Gasteiger partial charge is 0.338 e. The number of imidazole rings is 1. The number of hydrogen-bond donors (Lipinski definition) is 1. The molecule has 0 bridgehead atoms. The van der Waals surface area contributed by atoms with Crippen LogP contribution in [0, 0.1) is 0 Å². The Morgan fingerprint density at radius 1 is 1.17 bits per heavy atom. The molecule has 1 aliphatic heterocycles. The van der Waals surface area contributed by atoms with E-state index in [9.17, 15) is 4.79 Å². The zero-order valence-electron chi connectivity index (χ0n) is 16.9. The molecule has 2 heterocycles. The van der Waals surface area contributed by atoms with Crippen LogP contribution in [-0.2, 0) is 9.53 Å². The first-order valence-electron chi connectivity index (χ1n) is 9.98. The van der Waals surface area contributed by atoms with Crippen molar-refractivity contribution in [2.75, 3.05) is 18.5 Å². The summed E-state index contributed by atoms with van der Waals surface area (Å²) in [5, 5.41) is 3.29. The number of nitrogens with zero attached hydrogens (tertiary/aromatic N) is 2. The van der Waals surface area contributed by atoms with Gasteiger partial charge >= 0.3 is 5.97 Å². The Bertz CT molecular complexity index is 1080. The number of carbonyl (C=O) groups excluding carboxylic acids is 1. The minimum Gasteiger partial charge on any atom is -0.494 e. The summed E-state index contributed by atoms with van der Waals surface area (Å²) >= 11 is 0. The van der Waals surface area contributed by atoms with Gasteiger partial charge in [0.05, 0.1) is 35.9 Å². The van der Waals surface area contributed by atoms with Gasteiger partial charge in [0.25, 0.3) is 0 Å². The molecule has 0 amide bonds. The maximum Gasteiger partial charge on any atom is 0.338 e. The first-order chi connectivity index (χ1) is 14.1. The van der Waals surface area contributed by atoms with Crippen molar-refractivity contribution in [2.45, 2.75) is 33.2 Å². The van der Waals surface area contributed by atoms with Crippen LogP contribution >= 0.6 is 0 Å². The lowest BCUT2D eigenvalue weighted by Crippen LogP contribution is -2.29. The topological polar surface area (TPSA) is 65.4 Å². The Hall–Kier alpha value is -3.28. The van der Waals surface area contributed by atoms with E-state index in [1.54, 1.807) is 0 Å². The number of hydrogen-bond acceptors (Lipinski definition) is 5.